The van der Waals surface area contributed by atoms with Gasteiger partial charge in [-0.25, -0.2) is 9.18 Å². The molecule has 4 nitrogen and oxygen atoms in total. The molecule has 0 aliphatic rings. The van der Waals surface area contributed by atoms with Crippen LogP contribution in [-0.4, -0.2) is 16.1 Å². The molecule has 0 saturated carbocycles. The highest BCUT2D eigenvalue weighted by molar-refractivity contribution is 5.38. The Kier molecular flexibility index (Phi) is 4.51. The summed E-state index contributed by atoms with van der Waals surface area (Å²) in [6.07, 6.45) is 0. The van der Waals surface area contributed by atoms with E-state index in [2.05, 4.69) is 16.8 Å². The van der Waals surface area contributed by atoms with Gasteiger partial charge in [0, 0.05) is 11.4 Å². The Bertz CT molecular complexity index is 784. The van der Waals surface area contributed by atoms with Crippen molar-refractivity contribution in [1.29, 1.82) is 0 Å². The van der Waals surface area contributed by atoms with Crippen LogP contribution >= 0.6 is 0 Å². The van der Waals surface area contributed by atoms with Crippen LogP contribution in [0.4, 0.5) is 4.39 Å². The van der Waals surface area contributed by atoms with Crippen LogP contribution < -0.4 is 11.4 Å². The minimum Gasteiger partial charge on any atom is -0.320 e. The third kappa shape index (κ3) is 3.56. The topological polar surface area (TPSA) is 60.9 Å². The van der Waals surface area contributed by atoms with Gasteiger partial charge in [-0.2, -0.15) is 4.98 Å². The molecule has 1 aromatic heterocycles. The monoisotopic (exact) mass is 285 g/mol. The van der Waals surface area contributed by atoms with Crippen LogP contribution in [0.1, 0.15) is 22.5 Å². The molecule has 0 saturated heterocycles. The average molecular weight is 285 g/mol. The van der Waals surface area contributed by atoms with Gasteiger partial charge in [0.1, 0.15) is 5.82 Å². The maximum Gasteiger partial charge on any atom is 0.348 e. The summed E-state index contributed by atoms with van der Waals surface area (Å²) in [4.78, 5) is 15.8. The van der Waals surface area contributed by atoms with Crippen molar-refractivity contribution in [2.24, 2.45) is 5.73 Å². The van der Waals surface area contributed by atoms with Crippen LogP contribution in [0.15, 0.2) is 29.1 Å². The largest absolute Gasteiger partial charge is 0.348 e. The van der Waals surface area contributed by atoms with Crippen LogP contribution in [0.25, 0.3) is 0 Å². The molecule has 5 heteroatoms. The third-order valence-electron chi connectivity index (χ3n) is 3.04. The molecule has 2 aromatic rings. The van der Waals surface area contributed by atoms with Crippen molar-refractivity contribution >= 4 is 0 Å². The Morgan fingerprint density at radius 3 is 2.76 bits per heavy atom. The van der Waals surface area contributed by atoms with E-state index in [-0.39, 0.29) is 17.8 Å². The van der Waals surface area contributed by atoms with Crippen molar-refractivity contribution in [3.8, 4) is 11.8 Å². The smallest absolute Gasteiger partial charge is 0.320 e. The SMILES string of the molecule is Cc1cc(C)n(Cc2ccc(F)c(C#CCN)c2)c(=O)n1. The highest BCUT2D eigenvalue weighted by Crippen LogP contribution is 2.11. The molecule has 0 fully saturated rings. The van der Waals surface area contributed by atoms with E-state index in [0.717, 1.165) is 11.3 Å². The zero-order valence-corrected chi connectivity index (χ0v) is 12.0. The van der Waals surface area contributed by atoms with E-state index in [4.69, 9.17) is 5.73 Å². The molecule has 2 rings (SSSR count). The van der Waals surface area contributed by atoms with Crippen LogP contribution in [0.2, 0.25) is 0 Å². The molecule has 0 aliphatic carbocycles. The lowest BCUT2D eigenvalue weighted by molar-refractivity contribution is 0.621. The van der Waals surface area contributed by atoms with E-state index >= 15 is 0 Å². The predicted octanol–water partition coefficient (Wildman–Crippen LogP) is 1.36. The minimum absolute atomic E-state index is 0.171. The molecule has 0 amide bonds. The maximum atomic E-state index is 13.6. The summed E-state index contributed by atoms with van der Waals surface area (Å²) in [7, 11) is 0. The molecule has 0 unspecified atom stereocenters. The lowest BCUT2D eigenvalue weighted by atomic mass is 10.1. The standard InChI is InChI=1S/C16H16FN3O/c1-11-8-12(2)20(16(21)19-11)10-13-5-6-15(17)14(9-13)4-3-7-18/h5-6,8-9H,7,10,18H2,1-2H3. The van der Waals surface area contributed by atoms with E-state index in [0.29, 0.717) is 12.2 Å². The first-order valence-electron chi connectivity index (χ1n) is 6.53. The van der Waals surface area contributed by atoms with Crippen molar-refractivity contribution in [3.05, 3.63) is 63.1 Å². The molecular weight excluding hydrogens is 269 g/mol. The van der Waals surface area contributed by atoms with Gasteiger partial charge >= 0.3 is 5.69 Å². The number of halogens is 1. The normalized spacial score (nSPS) is 10.1. The van der Waals surface area contributed by atoms with E-state index in [1.165, 1.54) is 6.07 Å². The molecule has 0 aliphatic heterocycles. The molecule has 0 spiro atoms. The Morgan fingerprint density at radius 1 is 1.33 bits per heavy atom. The van der Waals surface area contributed by atoms with Gasteiger partial charge in [0.15, 0.2) is 0 Å². The van der Waals surface area contributed by atoms with Gasteiger partial charge in [-0.1, -0.05) is 17.9 Å². The van der Waals surface area contributed by atoms with Gasteiger partial charge in [0.25, 0.3) is 0 Å². The lowest BCUT2D eigenvalue weighted by Crippen LogP contribution is -2.26. The van der Waals surface area contributed by atoms with E-state index in [1.807, 2.05) is 13.0 Å². The quantitative estimate of drug-likeness (QED) is 0.847. The van der Waals surface area contributed by atoms with Gasteiger partial charge in [0.05, 0.1) is 18.7 Å². The van der Waals surface area contributed by atoms with Crippen molar-refractivity contribution in [3.63, 3.8) is 0 Å². The first-order valence-corrected chi connectivity index (χ1v) is 6.53. The zero-order chi connectivity index (χ0) is 15.4. The summed E-state index contributed by atoms with van der Waals surface area (Å²) in [5.41, 5.74) is 7.54. The fourth-order valence-corrected chi connectivity index (χ4v) is 2.06. The number of rotatable bonds is 2. The summed E-state index contributed by atoms with van der Waals surface area (Å²) in [6, 6.07) is 6.44. The molecule has 0 radical (unpaired) electrons. The van der Waals surface area contributed by atoms with E-state index in [9.17, 15) is 9.18 Å². The van der Waals surface area contributed by atoms with Gasteiger partial charge < -0.3 is 5.73 Å². The summed E-state index contributed by atoms with van der Waals surface area (Å²) in [5.74, 6) is 4.91. The van der Waals surface area contributed by atoms with Crippen LogP contribution in [-0.2, 0) is 6.54 Å². The predicted molar refractivity (Wildman–Crippen MR) is 79.4 cm³/mol. The van der Waals surface area contributed by atoms with E-state index < -0.39 is 5.82 Å². The Labute approximate surface area is 122 Å². The number of aromatic nitrogens is 2. The van der Waals surface area contributed by atoms with Crippen molar-refractivity contribution in [2.45, 2.75) is 20.4 Å². The zero-order valence-electron chi connectivity index (χ0n) is 12.0. The van der Waals surface area contributed by atoms with Crippen LogP contribution in [0, 0.1) is 31.5 Å². The van der Waals surface area contributed by atoms with E-state index in [1.54, 1.807) is 23.6 Å². The first kappa shape index (κ1) is 14.9. The molecule has 1 aromatic carbocycles. The molecule has 108 valence electrons. The number of aryl methyl sites for hydroxylation is 2. The number of hydrogen-bond donors (Lipinski definition) is 1. The summed E-state index contributed by atoms with van der Waals surface area (Å²) in [5, 5.41) is 0. The minimum atomic E-state index is -0.397. The highest BCUT2D eigenvalue weighted by Gasteiger charge is 2.06. The molecular formula is C16H16FN3O. The number of nitrogens with two attached hydrogens (primary N) is 1. The summed E-state index contributed by atoms with van der Waals surface area (Å²) >= 11 is 0. The Hall–Kier alpha value is -2.45. The second-order valence-corrected chi connectivity index (χ2v) is 4.73. The summed E-state index contributed by atoms with van der Waals surface area (Å²) < 4.78 is 15.2. The van der Waals surface area contributed by atoms with Crippen molar-refractivity contribution in [2.75, 3.05) is 6.54 Å². The molecule has 1 heterocycles. The third-order valence-corrected chi connectivity index (χ3v) is 3.04. The van der Waals surface area contributed by atoms with Gasteiger partial charge in [-0.05, 0) is 37.6 Å². The van der Waals surface area contributed by atoms with Crippen LogP contribution in [0.3, 0.4) is 0 Å². The Morgan fingerprint density at radius 2 is 2.10 bits per heavy atom. The molecule has 2 N–H and O–H groups in total. The summed E-state index contributed by atoms with van der Waals surface area (Å²) in [6.45, 7) is 4.12. The van der Waals surface area contributed by atoms with Gasteiger partial charge in [-0.15, -0.1) is 0 Å². The van der Waals surface area contributed by atoms with Crippen molar-refractivity contribution < 1.29 is 4.39 Å². The van der Waals surface area contributed by atoms with Crippen molar-refractivity contribution in [1.82, 2.24) is 9.55 Å². The second-order valence-electron chi connectivity index (χ2n) is 4.73. The average Bonchev–Trinajstić information content (AvgIpc) is 2.43. The first-order chi connectivity index (χ1) is 10.0. The number of nitrogens with zero attached hydrogens (tertiary/aromatic N) is 2. The number of hydrogen-bond acceptors (Lipinski definition) is 3. The lowest BCUT2D eigenvalue weighted by Gasteiger charge is -2.10. The fourth-order valence-electron chi connectivity index (χ4n) is 2.06. The fraction of sp³-hybridized carbons (Fsp3) is 0.250. The number of benzene rings is 1. The maximum absolute atomic E-state index is 13.6. The van der Waals surface area contributed by atoms with Gasteiger partial charge in [0.2, 0.25) is 0 Å². The molecule has 0 bridgehead atoms. The Balaban J connectivity index is 2.39. The second kappa shape index (κ2) is 6.33. The highest BCUT2D eigenvalue weighted by atomic mass is 19.1. The van der Waals surface area contributed by atoms with Gasteiger partial charge in [-0.3, -0.25) is 4.57 Å². The molecule has 0 atom stereocenters. The molecule has 21 heavy (non-hydrogen) atoms. The van der Waals surface area contributed by atoms with Crippen LogP contribution in [0.5, 0.6) is 0 Å².